The van der Waals surface area contributed by atoms with Crippen molar-refractivity contribution in [1.82, 2.24) is 10.2 Å². The average molecular weight is 311 g/mol. The lowest BCUT2D eigenvalue weighted by Gasteiger charge is -2.26. The second-order valence-corrected chi connectivity index (χ2v) is 5.96. The summed E-state index contributed by atoms with van der Waals surface area (Å²) >= 11 is 5.93. The molecule has 4 nitrogen and oxygen atoms in total. The van der Waals surface area contributed by atoms with E-state index in [1.165, 1.54) is 0 Å². The van der Waals surface area contributed by atoms with Gasteiger partial charge < -0.3 is 15.3 Å². The predicted octanol–water partition coefficient (Wildman–Crippen LogP) is 3.21. The first-order valence-corrected chi connectivity index (χ1v) is 7.95. The Kier molecular flexibility index (Phi) is 5.88. The van der Waals surface area contributed by atoms with Crippen LogP contribution in [0, 0.1) is 5.92 Å². The molecule has 2 N–H and O–H groups in total. The van der Waals surface area contributed by atoms with E-state index in [1.807, 2.05) is 31.2 Å². The van der Waals surface area contributed by atoms with Crippen LogP contribution in [0.15, 0.2) is 24.3 Å². The highest BCUT2D eigenvalue weighted by molar-refractivity contribution is 6.30. The highest BCUT2D eigenvalue weighted by Gasteiger charge is 2.34. The zero-order valence-electron chi connectivity index (χ0n) is 12.4. The average Bonchev–Trinajstić information content (AvgIpc) is 3.30. The van der Waals surface area contributed by atoms with Crippen LogP contribution in [0.3, 0.4) is 0 Å². The molecular formula is C16H23ClN2O2. The normalized spacial score (nSPS) is 15.6. The van der Waals surface area contributed by atoms with E-state index in [0.29, 0.717) is 24.0 Å². The van der Waals surface area contributed by atoms with Gasteiger partial charge in [0.25, 0.3) is 0 Å². The van der Waals surface area contributed by atoms with Crippen LogP contribution < -0.4 is 5.32 Å². The van der Waals surface area contributed by atoms with Crippen molar-refractivity contribution in [2.45, 2.75) is 32.2 Å². The number of hydrogen-bond donors (Lipinski definition) is 2. The SMILES string of the molecule is CCCN(CCO)C(=O)NC(c1ccc(Cl)cc1)C1CC1. The number of aliphatic hydroxyl groups is 1. The molecule has 0 aliphatic heterocycles. The Morgan fingerprint density at radius 3 is 2.57 bits per heavy atom. The number of halogens is 1. The van der Waals surface area contributed by atoms with Gasteiger partial charge in [0.15, 0.2) is 0 Å². The van der Waals surface area contributed by atoms with Gasteiger partial charge in [0.1, 0.15) is 0 Å². The minimum atomic E-state index is -0.0993. The zero-order chi connectivity index (χ0) is 15.2. The van der Waals surface area contributed by atoms with Gasteiger partial charge >= 0.3 is 6.03 Å². The lowest BCUT2D eigenvalue weighted by molar-refractivity contribution is 0.173. The van der Waals surface area contributed by atoms with Crippen LogP contribution in [0.1, 0.15) is 37.8 Å². The Morgan fingerprint density at radius 1 is 1.38 bits per heavy atom. The fourth-order valence-electron chi connectivity index (χ4n) is 2.50. The zero-order valence-corrected chi connectivity index (χ0v) is 13.1. The van der Waals surface area contributed by atoms with E-state index < -0.39 is 0 Å². The third-order valence-corrected chi connectivity index (χ3v) is 4.00. The van der Waals surface area contributed by atoms with Crippen LogP contribution in [0.4, 0.5) is 4.79 Å². The van der Waals surface area contributed by atoms with Crippen molar-refractivity contribution < 1.29 is 9.90 Å². The molecule has 5 heteroatoms. The topological polar surface area (TPSA) is 52.6 Å². The van der Waals surface area contributed by atoms with Crippen LogP contribution >= 0.6 is 11.6 Å². The van der Waals surface area contributed by atoms with Gasteiger partial charge in [-0.25, -0.2) is 4.79 Å². The molecule has 1 fully saturated rings. The Labute approximate surface area is 131 Å². The first kappa shape index (κ1) is 16.1. The van der Waals surface area contributed by atoms with Gasteiger partial charge in [-0.2, -0.15) is 0 Å². The Hall–Kier alpha value is -1.26. The van der Waals surface area contributed by atoms with Gasteiger partial charge in [-0.3, -0.25) is 0 Å². The lowest BCUT2D eigenvalue weighted by Crippen LogP contribution is -2.43. The standard InChI is InChI=1S/C16H23ClN2O2/c1-2-9-19(10-11-20)16(21)18-15(12-3-4-12)13-5-7-14(17)8-6-13/h5-8,12,15,20H,2-4,9-11H2,1H3,(H,18,21). The van der Waals surface area contributed by atoms with Gasteiger partial charge in [0.05, 0.1) is 12.6 Å². The van der Waals surface area contributed by atoms with Crippen LogP contribution in [0.5, 0.6) is 0 Å². The van der Waals surface area contributed by atoms with Gasteiger partial charge in [0.2, 0.25) is 0 Å². The maximum Gasteiger partial charge on any atom is 0.317 e. The third kappa shape index (κ3) is 4.61. The van der Waals surface area contributed by atoms with Crippen LogP contribution in [0.25, 0.3) is 0 Å². The minimum absolute atomic E-state index is 0.0114. The number of urea groups is 1. The Morgan fingerprint density at radius 2 is 2.05 bits per heavy atom. The lowest BCUT2D eigenvalue weighted by atomic mass is 10.0. The summed E-state index contributed by atoms with van der Waals surface area (Å²) in [5.41, 5.74) is 1.09. The fourth-order valence-corrected chi connectivity index (χ4v) is 2.63. The molecule has 1 atom stereocenters. The van der Waals surface area contributed by atoms with Crippen molar-refractivity contribution in [1.29, 1.82) is 0 Å². The number of rotatable bonds is 7. The minimum Gasteiger partial charge on any atom is -0.395 e. The van der Waals surface area contributed by atoms with E-state index >= 15 is 0 Å². The maximum atomic E-state index is 12.4. The molecule has 116 valence electrons. The summed E-state index contributed by atoms with van der Waals surface area (Å²) in [5.74, 6) is 0.507. The highest BCUT2D eigenvalue weighted by atomic mass is 35.5. The summed E-state index contributed by atoms with van der Waals surface area (Å²) in [7, 11) is 0. The number of aliphatic hydroxyl groups excluding tert-OH is 1. The first-order chi connectivity index (χ1) is 10.2. The molecule has 1 aromatic rings. The molecule has 1 aliphatic carbocycles. The number of carbonyl (C=O) groups is 1. The van der Waals surface area contributed by atoms with Crippen molar-refractivity contribution in [3.05, 3.63) is 34.9 Å². The molecule has 0 spiro atoms. The third-order valence-electron chi connectivity index (χ3n) is 3.75. The van der Waals surface area contributed by atoms with E-state index in [0.717, 1.165) is 24.8 Å². The summed E-state index contributed by atoms with van der Waals surface area (Å²) in [6, 6.07) is 7.60. The molecule has 0 heterocycles. The molecule has 1 saturated carbocycles. The van der Waals surface area contributed by atoms with E-state index in [2.05, 4.69) is 5.32 Å². The van der Waals surface area contributed by atoms with Crippen molar-refractivity contribution in [2.24, 2.45) is 5.92 Å². The fraction of sp³-hybridized carbons (Fsp3) is 0.562. The number of nitrogens with one attached hydrogen (secondary N) is 1. The second-order valence-electron chi connectivity index (χ2n) is 5.53. The number of hydrogen-bond acceptors (Lipinski definition) is 2. The van der Waals surface area contributed by atoms with Crippen LogP contribution in [-0.4, -0.2) is 35.7 Å². The number of amides is 2. The van der Waals surface area contributed by atoms with Crippen molar-refractivity contribution in [3.63, 3.8) is 0 Å². The number of nitrogens with zero attached hydrogens (tertiary/aromatic N) is 1. The summed E-state index contributed by atoms with van der Waals surface area (Å²) in [6.45, 7) is 3.04. The van der Waals surface area contributed by atoms with E-state index in [-0.39, 0.29) is 18.7 Å². The van der Waals surface area contributed by atoms with E-state index in [1.54, 1.807) is 4.90 Å². The molecule has 2 amide bonds. The monoisotopic (exact) mass is 310 g/mol. The molecule has 1 aromatic carbocycles. The molecule has 21 heavy (non-hydrogen) atoms. The summed E-state index contributed by atoms with van der Waals surface area (Å²) in [6.07, 6.45) is 3.16. The Bertz CT molecular complexity index is 454. The summed E-state index contributed by atoms with van der Waals surface area (Å²) in [4.78, 5) is 14.1. The molecule has 0 bridgehead atoms. The van der Waals surface area contributed by atoms with Gasteiger partial charge in [-0.1, -0.05) is 30.7 Å². The van der Waals surface area contributed by atoms with Crippen LogP contribution in [0.2, 0.25) is 5.02 Å². The molecule has 0 aromatic heterocycles. The maximum absolute atomic E-state index is 12.4. The van der Waals surface area contributed by atoms with Crippen molar-refractivity contribution >= 4 is 17.6 Å². The second kappa shape index (κ2) is 7.66. The van der Waals surface area contributed by atoms with Gasteiger partial charge in [-0.15, -0.1) is 0 Å². The molecular weight excluding hydrogens is 288 g/mol. The number of carbonyl (C=O) groups excluding carboxylic acids is 1. The van der Waals surface area contributed by atoms with Crippen LogP contribution in [-0.2, 0) is 0 Å². The predicted molar refractivity (Wildman–Crippen MR) is 84.4 cm³/mol. The van der Waals surface area contributed by atoms with Crippen molar-refractivity contribution in [2.75, 3.05) is 19.7 Å². The first-order valence-electron chi connectivity index (χ1n) is 7.57. The quantitative estimate of drug-likeness (QED) is 0.812. The Balaban J connectivity index is 2.05. The van der Waals surface area contributed by atoms with Crippen molar-refractivity contribution in [3.8, 4) is 0 Å². The van der Waals surface area contributed by atoms with Gasteiger partial charge in [-0.05, 0) is 42.9 Å². The summed E-state index contributed by atoms with van der Waals surface area (Å²) < 4.78 is 0. The molecule has 0 saturated heterocycles. The highest BCUT2D eigenvalue weighted by Crippen LogP contribution is 2.41. The largest absolute Gasteiger partial charge is 0.395 e. The molecule has 2 rings (SSSR count). The smallest absolute Gasteiger partial charge is 0.317 e. The number of benzene rings is 1. The van der Waals surface area contributed by atoms with Gasteiger partial charge in [0, 0.05) is 18.1 Å². The molecule has 1 aliphatic rings. The van der Waals surface area contributed by atoms with E-state index in [9.17, 15) is 4.79 Å². The van der Waals surface area contributed by atoms with E-state index in [4.69, 9.17) is 16.7 Å². The molecule has 1 unspecified atom stereocenters. The summed E-state index contributed by atoms with van der Waals surface area (Å²) in [5, 5.41) is 12.9. The molecule has 0 radical (unpaired) electrons.